The first kappa shape index (κ1) is 12.6. The highest BCUT2D eigenvalue weighted by Gasteiger charge is 2.29. The number of amides is 1. The smallest absolute Gasteiger partial charge is 0.225 e. The largest absolute Gasteiger partial charge is 0.327 e. The number of carbonyl (C=O) groups is 1. The molecule has 94 valence electrons. The summed E-state index contributed by atoms with van der Waals surface area (Å²) in [4.78, 5) is 11.8. The lowest BCUT2D eigenvalue weighted by Gasteiger charge is -2.12. The third kappa shape index (κ3) is 2.88. The Labute approximate surface area is 107 Å². The van der Waals surface area contributed by atoms with Gasteiger partial charge in [0.05, 0.1) is 11.3 Å². The molecule has 18 heavy (non-hydrogen) atoms. The summed E-state index contributed by atoms with van der Waals surface area (Å²) in [6.07, 6.45) is 2.58. The minimum Gasteiger partial charge on any atom is -0.327 e. The van der Waals surface area contributed by atoms with Crippen LogP contribution >= 0.6 is 0 Å². The molecule has 1 aromatic rings. The molecule has 1 aromatic carbocycles. The minimum absolute atomic E-state index is 0.0552. The summed E-state index contributed by atoms with van der Waals surface area (Å²) in [7, 11) is 0. The fourth-order valence-electron chi connectivity index (χ4n) is 2.03. The van der Waals surface area contributed by atoms with Crippen molar-refractivity contribution in [3.63, 3.8) is 0 Å². The molecule has 0 radical (unpaired) electrons. The van der Waals surface area contributed by atoms with E-state index in [0.29, 0.717) is 23.6 Å². The van der Waals surface area contributed by atoms with E-state index >= 15 is 0 Å². The number of nitrogens with zero attached hydrogens (tertiary/aromatic N) is 1. The highest BCUT2D eigenvalue weighted by molar-refractivity contribution is 5.92. The molecule has 0 saturated heterocycles. The van der Waals surface area contributed by atoms with Crippen molar-refractivity contribution in [2.24, 2.45) is 11.7 Å². The molecule has 0 bridgehead atoms. The van der Waals surface area contributed by atoms with Gasteiger partial charge in [-0.3, -0.25) is 4.79 Å². The summed E-state index contributed by atoms with van der Waals surface area (Å²) < 4.78 is 0. The maximum Gasteiger partial charge on any atom is 0.225 e. The average molecular weight is 243 g/mol. The maximum atomic E-state index is 11.8. The molecule has 0 aliphatic heterocycles. The fraction of sp³-hybridized carbons (Fsp3) is 0.429. The Balaban J connectivity index is 2.02. The molecule has 1 aliphatic carbocycles. The predicted molar refractivity (Wildman–Crippen MR) is 69.8 cm³/mol. The number of nitriles is 1. The summed E-state index contributed by atoms with van der Waals surface area (Å²) in [6.45, 7) is 1.85. The highest BCUT2D eigenvalue weighted by Crippen LogP contribution is 2.33. The Hall–Kier alpha value is -1.86. The SMILES string of the molecule is Cc1cccc(NC(=O)CC(N)C2CC2)c1C#N. The normalized spacial score (nSPS) is 15.8. The lowest BCUT2D eigenvalue weighted by atomic mass is 10.1. The van der Waals surface area contributed by atoms with Gasteiger partial charge in [-0.2, -0.15) is 5.26 Å². The number of nitrogens with two attached hydrogens (primary N) is 1. The van der Waals surface area contributed by atoms with E-state index in [-0.39, 0.29) is 11.9 Å². The predicted octanol–water partition coefficient (Wildman–Crippen LogP) is 1.93. The number of benzene rings is 1. The second-order valence-corrected chi connectivity index (χ2v) is 4.86. The van der Waals surface area contributed by atoms with Crippen molar-refractivity contribution in [3.05, 3.63) is 29.3 Å². The van der Waals surface area contributed by atoms with E-state index in [1.165, 1.54) is 0 Å². The molecule has 1 saturated carbocycles. The molecule has 1 amide bonds. The third-order valence-electron chi connectivity index (χ3n) is 3.31. The van der Waals surface area contributed by atoms with Crippen LogP contribution in [0.4, 0.5) is 5.69 Å². The number of carbonyl (C=O) groups excluding carboxylic acids is 1. The molecule has 4 heteroatoms. The van der Waals surface area contributed by atoms with E-state index in [1.54, 1.807) is 6.07 Å². The van der Waals surface area contributed by atoms with E-state index in [9.17, 15) is 4.79 Å². The van der Waals surface area contributed by atoms with Crippen molar-refractivity contribution in [2.75, 3.05) is 5.32 Å². The highest BCUT2D eigenvalue weighted by atomic mass is 16.1. The van der Waals surface area contributed by atoms with Gasteiger partial charge in [-0.05, 0) is 37.3 Å². The van der Waals surface area contributed by atoms with Crippen molar-refractivity contribution in [1.29, 1.82) is 5.26 Å². The van der Waals surface area contributed by atoms with Gasteiger partial charge in [0.15, 0.2) is 0 Å². The third-order valence-corrected chi connectivity index (χ3v) is 3.31. The topological polar surface area (TPSA) is 78.9 Å². The first-order valence-corrected chi connectivity index (χ1v) is 6.17. The molecule has 0 spiro atoms. The van der Waals surface area contributed by atoms with E-state index in [2.05, 4.69) is 11.4 Å². The lowest BCUT2D eigenvalue weighted by Crippen LogP contribution is -2.29. The van der Waals surface area contributed by atoms with Crippen LogP contribution in [-0.2, 0) is 4.79 Å². The maximum absolute atomic E-state index is 11.8. The Morgan fingerprint density at radius 3 is 2.94 bits per heavy atom. The Morgan fingerprint density at radius 2 is 2.33 bits per heavy atom. The summed E-state index contributed by atoms with van der Waals surface area (Å²) in [5.41, 5.74) is 7.86. The zero-order valence-corrected chi connectivity index (χ0v) is 10.4. The number of nitrogens with one attached hydrogen (secondary N) is 1. The van der Waals surface area contributed by atoms with Crippen LogP contribution in [0.15, 0.2) is 18.2 Å². The molecule has 1 aliphatic rings. The quantitative estimate of drug-likeness (QED) is 0.848. The van der Waals surface area contributed by atoms with E-state index in [4.69, 9.17) is 11.0 Å². The molecule has 1 unspecified atom stereocenters. The molecule has 1 fully saturated rings. The number of hydrogen-bond acceptors (Lipinski definition) is 3. The molecule has 1 atom stereocenters. The molecular formula is C14H17N3O. The molecular weight excluding hydrogens is 226 g/mol. The van der Waals surface area contributed by atoms with Gasteiger partial charge >= 0.3 is 0 Å². The molecule has 3 N–H and O–H groups in total. The van der Waals surface area contributed by atoms with Gasteiger partial charge in [0, 0.05) is 12.5 Å². The standard InChI is InChI=1S/C14H17N3O/c1-9-3-2-4-13(11(9)8-15)17-14(18)7-12(16)10-5-6-10/h2-4,10,12H,5-7,16H2,1H3,(H,17,18). The lowest BCUT2D eigenvalue weighted by molar-refractivity contribution is -0.116. The summed E-state index contributed by atoms with van der Waals surface area (Å²) in [6, 6.07) is 7.48. The van der Waals surface area contributed by atoms with Crippen LogP contribution in [0.1, 0.15) is 30.4 Å². The van der Waals surface area contributed by atoms with Crippen LogP contribution < -0.4 is 11.1 Å². The van der Waals surface area contributed by atoms with Crippen LogP contribution in [0.2, 0.25) is 0 Å². The van der Waals surface area contributed by atoms with Crippen LogP contribution in [0.3, 0.4) is 0 Å². The number of anilines is 1. The molecule has 0 heterocycles. The Bertz CT molecular complexity index is 500. The summed E-state index contributed by atoms with van der Waals surface area (Å²) in [5.74, 6) is 0.389. The van der Waals surface area contributed by atoms with E-state index in [0.717, 1.165) is 18.4 Å². The monoisotopic (exact) mass is 243 g/mol. The fourth-order valence-corrected chi connectivity index (χ4v) is 2.03. The average Bonchev–Trinajstić information content (AvgIpc) is 3.12. The van der Waals surface area contributed by atoms with Gasteiger partial charge in [0.1, 0.15) is 6.07 Å². The first-order valence-electron chi connectivity index (χ1n) is 6.17. The number of hydrogen-bond donors (Lipinski definition) is 2. The van der Waals surface area contributed by atoms with Crippen LogP contribution in [0.5, 0.6) is 0 Å². The Morgan fingerprint density at radius 1 is 1.61 bits per heavy atom. The molecule has 0 aromatic heterocycles. The van der Waals surface area contributed by atoms with Crippen molar-refractivity contribution < 1.29 is 4.79 Å². The van der Waals surface area contributed by atoms with Crippen molar-refractivity contribution >= 4 is 11.6 Å². The van der Waals surface area contributed by atoms with Gasteiger partial charge in [-0.1, -0.05) is 12.1 Å². The van der Waals surface area contributed by atoms with Gasteiger partial charge in [0.25, 0.3) is 0 Å². The van der Waals surface area contributed by atoms with Crippen LogP contribution in [0.25, 0.3) is 0 Å². The van der Waals surface area contributed by atoms with E-state index < -0.39 is 0 Å². The molecule has 2 rings (SSSR count). The van der Waals surface area contributed by atoms with Gasteiger partial charge in [-0.25, -0.2) is 0 Å². The first-order chi connectivity index (χ1) is 8.61. The minimum atomic E-state index is -0.114. The zero-order valence-electron chi connectivity index (χ0n) is 10.4. The molecule has 4 nitrogen and oxygen atoms in total. The zero-order chi connectivity index (χ0) is 13.1. The van der Waals surface area contributed by atoms with Crippen molar-refractivity contribution in [3.8, 4) is 6.07 Å². The Kier molecular flexibility index (Phi) is 3.63. The van der Waals surface area contributed by atoms with E-state index in [1.807, 2.05) is 19.1 Å². The van der Waals surface area contributed by atoms with Gasteiger partial charge < -0.3 is 11.1 Å². The van der Waals surface area contributed by atoms with Crippen molar-refractivity contribution in [1.82, 2.24) is 0 Å². The van der Waals surface area contributed by atoms with Gasteiger partial charge in [-0.15, -0.1) is 0 Å². The van der Waals surface area contributed by atoms with Crippen LogP contribution in [-0.4, -0.2) is 11.9 Å². The second kappa shape index (κ2) is 5.19. The summed E-state index contributed by atoms with van der Waals surface area (Å²) >= 11 is 0. The summed E-state index contributed by atoms with van der Waals surface area (Å²) in [5, 5.41) is 11.8. The van der Waals surface area contributed by atoms with Gasteiger partial charge in [0.2, 0.25) is 5.91 Å². The number of rotatable bonds is 4. The number of aryl methyl sites for hydroxylation is 1. The van der Waals surface area contributed by atoms with Crippen molar-refractivity contribution in [2.45, 2.75) is 32.2 Å². The van der Waals surface area contributed by atoms with Crippen LogP contribution in [0, 0.1) is 24.2 Å². The second-order valence-electron chi connectivity index (χ2n) is 4.86.